The molecule has 0 unspecified atom stereocenters. The summed E-state index contributed by atoms with van der Waals surface area (Å²) in [6.07, 6.45) is 1.81. The van der Waals surface area contributed by atoms with Crippen molar-refractivity contribution in [2.24, 2.45) is 5.14 Å². The molecule has 0 fully saturated rings. The Morgan fingerprint density at radius 3 is 2.35 bits per heavy atom. The van der Waals surface area contributed by atoms with Crippen molar-refractivity contribution in [1.29, 1.82) is 0 Å². The lowest BCUT2D eigenvalue weighted by atomic mass is 10.1. The Morgan fingerprint density at radius 1 is 0.968 bits per heavy atom. The van der Waals surface area contributed by atoms with Crippen molar-refractivity contribution in [3.05, 3.63) is 94.9 Å². The molecule has 0 atom stereocenters. The van der Waals surface area contributed by atoms with Gasteiger partial charge in [0.15, 0.2) is 0 Å². The number of methoxy groups -OCH3 is 1. The summed E-state index contributed by atoms with van der Waals surface area (Å²) in [5.41, 5.74) is 2.23. The first-order valence-corrected chi connectivity index (χ1v) is 11.1. The van der Waals surface area contributed by atoms with Crippen LogP contribution in [0.15, 0.2) is 88.7 Å². The first kappa shape index (κ1) is 20.6. The van der Waals surface area contributed by atoms with Gasteiger partial charge in [0.25, 0.3) is 5.56 Å². The van der Waals surface area contributed by atoms with E-state index in [0.29, 0.717) is 23.4 Å². The number of ether oxygens (including phenoxy) is 1. The number of sulfonamides is 1. The summed E-state index contributed by atoms with van der Waals surface area (Å²) in [6.45, 7) is 0.430. The molecule has 3 N–H and O–H groups in total. The van der Waals surface area contributed by atoms with Crippen LogP contribution >= 0.6 is 0 Å². The highest BCUT2D eigenvalue weighted by atomic mass is 32.2. The van der Waals surface area contributed by atoms with Crippen LogP contribution in [0.3, 0.4) is 0 Å². The monoisotopic (exact) mass is 435 g/mol. The van der Waals surface area contributed by atoms with Crippen LogP contribution in [0.4, 0.5) is 5.69 Å². The maximum absolute atomic E-state index is 13.1. The first-order valence-electron chi connectivity index (χ1n) is 9.51. The summed E-state index contributed by atoms with van der Waals surface area (Å²) in [5, 5.41) is 9.88. The van der Waals surface area contributed by atoms with Gasteiger partial charge in [0.05, 0.1) is 17.7 Å². The number of nitrogens with zero attached hydrogens (tertiary/aromatic N) is 1. The topological polar surface area (TPSA) is 103 Å². The third-order valence-electron chi connectivity index (χ3n) is 5.00. The van der Waals surface area contributed by atoms with Gasteiger partial charge in [-0.05, 0) is 53.4 Å². The Labute approximate surface area is 179 Å². The van der Waals surface area contributed by atoms with Crippen LogP contribution in [-0.2, 0) is 16.6 Å². The minimum Gasteiger partial charge on any atom is -0.497 e. The van der Waals surface area contributed by atoms with Crippen molar-refractivity contribution in [1.82, 2.24) is 4.57 Å². The average molecular weight is 436 g/mol. The van der Waals surface area contributed by atoms with Crippen molar-refractivity contribution < 1.29 is 13.2 Å². The standard InChI is InChI=1S/C23H21N3O4S/c1-30-19-6-4-5-18(13-19)26-15-16(21-7-2-3-8-22(21)23(26)27)14-25-17-9-11-20(12-10-17)31(24,28)29/h2-13,15,25H,14H2,1H3,(H2,24,28,29). The zero-order chi connectivity index (χ0) is 22.0. The van der Waals surface area contributed by atoms with E-state index in [-0.39, 0.29) is 10.5 Å². The quantitative estimate of drug-likeness (QED) is 0.484. The van der Waals surface area contributed by atoms with Gasteiger partial charge in [-0.15, -0.1) is 0 Å². The molecule has 0 saturated carbocycles. The van der Waals surface area contributed by atoms with Crippen LogP contribution in [0.25, 0.3) is 16.5 Å². The Morgan fingerprint density at radius 2 is 1.68 bits per heavy atom. The molecule has 0 saturated heterocycles. The SMILES string of the molecule is COc1cccc(-n2cc(CNc3ccc(S(N)(=O)=O)cc3)c3ccccc3c2=O)c1. The molecule has 0 aliphatic rings. The highest BCUT2D eigenvalue weighted by molar-refractivity contribution is 7.89. The number of anilines is 1. The van der Waals surface area contributed by atoms with Crippen LogP contribution in [0.1, 0.15) is 5.56 Å². The van der Waals surface area contributed by atoms with Crippen molar-refractivity contribution in [3.8, 4) is 11.4 Å². The van der Waals surface area contributed by atoms with Gasteiger partial charge < -0.3 is 10.1 Å². The zero-order valence-corrected chi connectivity index (χ0v) is 17.6. The average Bonchev–Trinajstić information content (AvgIpc) is 2.78. The number of rotatable bonds is 6. The van der Waals surface area contributed by atoms with E-state index < -0.39 is 10.0 Å². The highest BCUT2D eigenvalue weighted by Crippen LogP contribution is 2.21. The van der Waals surface area contributed by atoms with Gasteiger partial charge in [-0.3, -0.25) is 9.36 Å². The molecule has 1 heterocycles. The number of nitrogens with two attached hydrogens (primary N) is 1. The molecule has 1 aromatic heterocycles. The normalized spacial score (nSPS) is 11.4. The van der Waals surface area contributed by atoms with Gasteiger partial charge in [0.2, 0.25) is 10.0 Å². The van der Waals surface area contributed by atoms with Gasteiger partial charge in [0, 0.05) is 29.9 Å². The van der Waals surface area contributed by atoms with E-state index >= 15 is 0 Å². The number of pyridine rings is 1. The van der Waals surface area contributed by atoms with Crippen molar-refractivity contribution in [2.45, 2.75) is 11.4 Å². The molecule has 0 spiro atoms. The molecule has 0 aliphatic heterocycles. The minimum absolute atomic E-state index is 0.0510. The number of hydrogen-bond donors (Lipinski definition) is 2. The lowest BCUT2D eigenvalue weighted by Crippen LogP contribution is -2.20. The molecule has 0 radical (unpaired) electrons. The van der Waals surface area contributed by atoms with Crippen molar-refractivity contribution in [3.63, 3.8) is 0 Å². The summed E-state index contributed by atoms with van der Waals surface area (Å²) in [6, 6.07) is 21.0. The molecule has 3 aromatic carbocycles. The Hall–Kier alpha value is -3.62. The summed E-state index contributed by atoms with van der Waals surface area (Å²) in [4.78, 5) is 13.2. The molecular weight excluding hydrogens is 414 g/mol. The van der Waals surface area contributed by atoms with Gasteiger partial charge in [-0.1, -0.05) is 24.3 Å². The van der Waals surface area contributed by atoms with Crippen LogP contribution < -0.4 is 20.8 Å². The Kier molecular flexibility index (Phi) is 5.50. The number of nitrogens with one attached hydrogen (secondary N) is 1. The summed E-state index contributed by atoms with van der Waals surface area (Å²) in [5.74, 6) is 0.659. The molecule has 0 aliphatic carbocycles. The molecular formula is C23H21N3O4S. The van der Waals surface area contributed by atoms with Crippen LogP contribution in [-0.4, -0.2) is 20.1 Å². The van der Waals surface area contributed by atoms with Crippen molar-refractivity contribution in [2.75, 3.05) is 12.4 Å². The largest absolute Gasteiger partial charge is 0.497 e. The van der Waals surface area contributed by atoms with Crippen molar-refractivity contribution >= 4 is 26.5 Å². The van der Waals surface area contributed by atoms with E-state index in [1.54, 1.807) is 35.9 Å². The summed E-state index contributed by atoms with van der Waals surface area (Å²) < 4.78 is 29.8. The maximum atomic E-state index is 13.1. The number of aromatic nitrogens is 1. The number of primary sulfonamides is 1. The molecule has 0 bridgehead atoms. The third kappa shape index (κ3) is 4.30. The van der Waals surface area contributed by atoms with Gasteiger partial charge >= 0.3 is 0 Å². The first-order chi connectivity index (χ1) is 14.9. The second-order valence-corrected chi connectivity index (χ2v) is 8.56. The van der Waals surface area contributed by atoms with Crippen LogP contribution in [0.5, 0.6) is 5.75 Å². The van der Waals surface area contributed by atoms with Gasteiger partial charge in [-0.25, -0.2) is 13.6 Å². The second kappa shape index (κ2) is 8.25. The van der Waals surface area contributed by atoms with Gasteiger partial charge in [-0.2, -0.15) is 0 Å². The summed E-state index contributed by atoms with van der Waals surface area (Å²) in [7, 11) is -2.16. The molecule has 158 valence electrons. The van der Waals surface area contributed by atoms with E-state index in [4.69, 9.17) is 9.88 Å². The third-order valence-corrected chi connectivity index (χ3v) is 5.93. The minimum atomic E-state index is -3.74. The molecule has 4 rings (SSSR count). The van der Waals surface area contributed by atoms with Crippen LogP contribution in [0.2, 0.25) is 0 Å². The molecule has 7 nitrogen and oxygen atoms in total. The lowest BCUT2D eigenvalue weighted by molar-refractivity contribution is 0.414. The fraction of sp³-hybridized carbons (Fsp3) is 0.0870. The van der Waals surface area contributed by atoms with E-state index in [9.17, 15) is 13.2 Å². The number of fused-ring (bicyclic) bond motifs is 1. The molecule has 31 heavy (non-hydrogen) atoms. The zero-order valence-electron chi connectivity index (χ0n) is 16.8. The fourth-order valence-electron chi connectivity index (χ4n) is 3.42. The molecule has 8 heteroatoms. The number of hydrogen-bond acceptors (Lipinski definition) is 5. The lowest BCUT2D eigenvalue weighted by Gasteiger charge is -2.14. The Bertz CT molecular complexity index is 1410. The van der Waals surface area contributed by atoms with E-state index in [1.165, 1.54) is 12.1 Å². The predicted molar refractivity (Wildman–Crippen MR) is 121 cm³/mol. The number of benzene rings is 3. The summed E-state index contributed by atoms with van der Waals surface area (Å²) >= 11 is 0. The predicted octanol–water partition coefficient (Wildman–Crippen LogP) is 3.26. The van der Waals surface area contributed by atoms with Gasteiger partial charge in [0.1, 0.15) is 5.75 Å². The highest BCUT2D eigenvalue weighted by Gasteiger charge is 2.11. The molecule has 0 amide bonds. The van der Waals surface area contributed by atoms with E-state index in [0.717, 1.165) is 16.6 Å². The fourth-order valence-corrected chi connectivity index (χ4v) is 3.93. The van der Waals surface area contributed by atoms with E-state index in [1.807, 2.05) is 42.6 Å². The maximum Gasteiger partial charge on any atom is 0.262 e. The molecule has 4 aromatic rings. The second-order valence-electron chi connectivity index (χ2n) is 7.00. The van der Waals surface area contributed by atoms with Crippen LogP contribution in [0, 0.1) is 0 Å². The van der Waals surface area contributed by atoms with E-state index in [2.05, 4.69) is 5.32 Å². The smallest absolute Gasteiger partial charge is 0.262 e. The Balaban J connectivity index is 1.73.